The monoisotopic (exact) mass is 286 g/mol. The van der Waals surface area contributed by atoms with Gasteiger partial charge in [-0.3, -0.25) is 4.90 Å². The summed E-state index contributed by atoms with van der Waals surface area (Å²) in [5.41, 5.74) is 1.44. The molecule has 2 nitrogen and oxygen atoms in total. The van der Waals surface area contributed by atoms with Gasteiger partial charge in [0.25, 0.3) is 0 Å². The summed E-state index contributed by atoms with van der Waals surface area (Å²) < 4.78 is 0. The average molecular weight is 286 g/mol. The average Bonchev–Trinajstić information content (AvgIpc) is 3.39. The smallest absolute Gasteiger partial charge is 0.0475 e. The summed E-state index contributed by atoms with van der Waals surface area (Å²) in [6.07, 6.45) is 6.92. The van der Waals surface area contributed by atoms with E-state index < -0.39 is 0 Å². The Morgan fingerprint density at radius 3 is 2.43 bits per heavy atom. The molecule has 0 amide bonds. The molecule has 2 fully saturated rings. The molecule has 3 rings (SSSR count). The van der Waals surface area contributed by atoms with E-state index in [1.807, 2.05) is 0 Å². The van der Waals surface area contributed by atoms with Crippen molar-refractivity contribution in [3.05, 3.63) is 35.9 Å². The molecule has 1 aromatic carbocycles. The van der Waals surface area contributed by atoms with Crippen LogP contribution in [0.1, 0.15) is 57.6 Å². The topological polar surface area (TPSA) is 15.3 Å². The zero-order valence-electron chi connectivity index (χ0n) is 13.6. The summed E-state index contributed by atoms with van der Waals surface area (Å²) in [6.45, 7) is 7.11. The van der Waals surface area contributed by atoms with E-state index in [1.165, 1.54) is 44.2 Å². The first-order valence-corrected chi connectivity index (χ1v) is 8.83. The van der Waals surface area contributed by atoms with Gasteiger partial charge in [-0.1, -0.05) is 37.3 Å². The predicted molar refractivity (Wildman–Crippen MR) is 89.4 cm³/mol. The maximum atomic E-state index is 3.80. The standard InChI is InChI=1S/C19H30N2/c1-3-13-20-19(17-7-5-4-6-8-17)15(2)21(18-11-12-18)14-16-9-10-16/h4-8,15-16,18-20H,3,9-14H2,1-2H3. The predicted octanol–water partition coefficient (Wildman–Crippen LogP) is 3.99. The van der Waals surface area contributed by atoms with Crippen molar-refractivity contribution in [3.8, 4) is 0 Å². The molecule has 0 aliphatic heterocycles. The molecule has 0 radical (unpaired) electrons. The minimum atomic E-state index is 0.463. The molecule has 21 heavy (non-hydrogen) atoms. The maximum absolute atomic E-state index is 3.80. The quantitative estimate of drug-likeness (QED) is 0.738. The number of nitrogens with one attached hydrogen (secondary N) is 1. The molecule has 1 N–H and O–H groups in total. The highest BCUT2D eigenvalue weighted by molar-refractivity contribution is 5.21. The number of hydrogen-bond acceptors (Lipinski definition) is 2. The lowest BCUT2D eigenvalue weighted by Gasteiger charge is -2.36. The van der Waals surface area contributed by atoms with Crippen LogP contribution in [0.3, 0.4) is 0 Å². The van der Waals surface area contributed by atoms with Crippen molar-refractivity contribution in [1.82, 2.24) is 10.2 Å². The van der Waals surface area contributed by atoms with Gasteiger partial charge in [-0.15, -0.1) is 0 Å². The van der Waals surface area contributed by atoms with E-state index in [2.05, 4.69) is 54.4 Å². The van der Waals surface area contributed by atoms with Crippen LogP contribution in [-0.2, 0) is 0 Å². The van der Waals surface area contributed by atoms with Crippen molar-refractivity contribution < 1.29 is 0 Å². The third-order valence-corrected chi connectivity index (χ3v) is 4.96. The second-order valence-electron chi connectivity index (χ2n) is 6.95. The fourth-order valence-corrected chi connectivity index (χ4v) is 3.37. The van der Waals surface area contributed by atoms with Crippen LogP contribution in [0.15, 0.2) is 30.3 Å². The van der Waals surface area contributed by atoms with E-state index in [4.69, 9.17) is 0 Å². The number of nitrogens with zero attached hydrogens (tertiary/aromatic N) is 1. The van der Waals surface area contributed by atoms with Gasteiger partial charge in [0.15, 0.2) is 0 Å². The normalized spacial score (nSPS) is 21.5. The Morgan fingerprint density at radius 1 is 1.14 bits per heavy atom. The second kappa shape index (κ2) is 6.93. The molecule has 0 aromatic heterocycles. The number of rotatable bonds is 9. The van der Waals surface area contributed by atoms with Crippen molar-refractivity contribution in [2.24, 2.45) is 5.92 Å². The van der Waals surface area contributed by atoms with Crippen LogP contribution in [0.2, 0.25) is 0 Å². The third-order valence-electron chi connectivity index (χ3n) is 4.96. The minimum absolute atomic E-state index is 0.463. The highest BCUT2D eigenvalue weighted by Crippen LogP contribution is 2.38. The Labute approximate surface area is 129 Å². The van der Waals surface area contributed by atoms with Gasteiger partial charge < -0.3 is 5.32 Å². The van der Waals surface area contributed by atoms with Crippen LogP contribution in [0.5, 0.6) is 0 Å². The molecule has 2 aliphatic carbocycles. The summed E-state index contributed by atoms with van der Waals surface area (Å²) in [7, 11) is 0. The van der Waals surface area contributed by atoms with Crippen LogP contribution in [0, 0.1) is 5.92 Å². The Kier molecular flexibility index (Phi) is 4.97. The van der Waals surface area contributed by atoms with Gasteiger partial charge in [-0.05, 0) is 57.1 Å². The number of benzene rings is 1. The summed E-state index contributed by atoms with van der Waals surface area (Å²) in [4.78, 5) is 2.80. The fourth-order valence-electron chi connectivity index (χ4n) is 3.37. The molecule has 0 heterocycles. The van der Waals surface area contributed by atoms with Crippen molar-refractivity contribution in [3.63, 3.8) is 0 Å². The molecule has 2 atom stereocenters. The Morgan fingerprint density at radius 2 is 1.86 bits per heavy atom. The summed E-state index contributed by atoms with van der Waals surface area (Å²) in [5, 5.41) is 3.80. The molecule has 0 spiro atoms. The van der Waals surface area contributed by atoms with Crippen molar-refractivity contribution >= 4 is 0 Å². The largest absolute Gasteiger partial charge is 0.309 e. The first kappa shape index (κ1) is 15.1. The lowest BCUT2D eigenvalue weighted by Crippen LogP contribution is -2.45. The van der Waals surface area contributed by atoms with Crippen LogP contribution in [0.4, 0.5) is 0 Å². The van der Waals surface area contributed by atoms with E-state index in [1.54, 1.807) is 0 Å². The van der Waals surface area contributed by atoms with Gasteiger partial charge in [0.2, 0.25) is 0 Å². The van der Waals surface area contributed by atoms with E-state index in [0.717, 1.165) is 18.5 Å². The lowest BCUT2D eigenvalue weighted by atomic mass is 9.98. The molecular formula is C19H30N2. The third kappa shape index (κ3) is 4.08. The number of hydrogen-bond donors (Lipinski definition) is 1. The van der Waals surface area contributed by atoms with Crippen LogP contribution >= 0.6 is 0 Å². The first-order chi connectivity index (χ1) is 10.3. The van der Waals surface area contributed by atoms with E-state index >= 15 is 0 Å². The fraction of sp³-hybridized carbons (Fsp3) is 0.684. The van der Waals surface area contributed by atoms with E-state index in [-0.39, 0.29) is 0 Å². The molecule has 2 heteroatoms. The van der Waals surface area contributed by atoms with E-state index in [0.29, 0.717) is 12.1 Å². The first-order valence-electron chi connectivity index (χ1n) is 8.83. The molecule has 2 saturated carbocycles. The van der Waals surface area contributed by atoms with Crippen LogP contribution in [0.25, 0.3) is 0 Å². The second-order valence-corrected chi connectivity index (χ2v) is 6.95. The summed E-state index contributed by atoms with van der Waals surface area (Å²) >= 11 is 0. The highest BCUT2D eigenvalue weighted by Gasteiger charge is 2.38. The molecular weight excluding hydrogens is 256 g/mol. The Hall–Kier alpha value is -0.860. The van der Waals surface area contributed by atoms with Gasteiger partial charge in [-0.2, -0.15) is 0 Å². The van der Waals surface area contributed by atoms with Crippen molar-refractivity contribution in [2.45, 2.75) is 64.1 Å². The molecule has 2 aliphatic rings. The zero-order chi connectivity index (χ0) is 14.7. The van der Waals surface area contributed by atoms with Crippen LogP contribution in [-0.4, -0.2) is 30.1 Å². The molecule has 116 valence electrons. The van der Waals surface area contributed by atoms with Crippen molar-refractivity contribution in [2.75, 3.05) is 13.1 Å². The summed E-state index contributed by atoms with van der Waals surface area (Å²) in [6, 6.07) is 12.9. The van der Waals surface area contributed by atoms with Crippen LogP contribution < -0.4 is 5.32 Å². The molecule has 1 aromatic rings. The molecule has 0 saturated heterocycles. The van der Waals surface area contributed by atoms with Gasteiger partial charge in [0, 0.05) is 24.7 Å². The van der Waals surface area contributed by atoms with E-state index in [9.17, 15) is 0 Å². The molecule has 0 bridgehead atoms. The Balaban J connectivity index is 1.73. The molecule has 2 unspecified atom stereocenters. The highest BCUT2D eigenvalue weighted by atomic mass is 15.2. The van der Waals surface area contributed by atoms with Crippen molar-refractivity contribution in [1.29, 1.82) is 0 Å². The zero-order valence-corrected chi connectivity index (χ0v) is 13.6. The lowest BCUT2D eigenvalue weighted by molar-refractivity contribution is 0.153. The summed E-state index contributed by atoms with van der Waals surface area (Å²) in [5.74, 6) is 0.982. The minimum Gasteiger partial charge on any atom is -0.309 e. The van der Waals surface area contributed by atoms with Gasteiger partial charge >= 0.3 is 0 Å². The Bertz CT molecular complexity index is 422. The van der Waals surface area contributed by atoms with Gasteiger partial charge in [-0.25, -0.2) is 0 Å². The van der Waals surface area contributed by atoms with Gasteiger partial charge in [0.05, 0.1) is 0 Å². The van der Waals surface area contributed by atoms with Gasteiger partial charge in [0.1, 0.15) is 0 Å². The SMILES string of the molecule is CCCNC(c1ccccc1)C(C)N(CC1CC1)C1CC1. The maximum Gasteiger partial charge on any atom is 0.0475 e.